The number of carbonyl (C=O) groups is 2. The number of hydrogen-bond acceptors (Lipinski definition) is 6. The third-order valence-electron chi connectivity index (χ3n) is 5.00. The molecule has 0 aliphatic heterocycles. The Morgan fingerprint density at radius 2 is 1.89 bits per heavy atom. The van der Waals surface area contributed by atoms with Crippen molar-refractivity contribution in [2.75, 3.05) is 12.9 Å². The van der Waals surface area contributed by atoms with Gasteiger partial charge in [0.25, 0.3) is 11.8 Å². The van der Waals surface area contributed by atoms with Crippen molar-refractivity contribution in [2.24, 2.45) is 11.8 Å². The van der Waals surface area contributed by atoms with E-state index >= 15 is 0 Å². The SMILES string of the molecule is CC(C)([C@H](NC(=O)c1ccc(C#CC2CC2CO)cc1)C(=O)NO)S(C)(=O)=O. The van der Waals surface area contributed by atoms with Gasteiger partial charge in [-0.25, -0.2) is 13.9 Å². The van der Waals surface area contributed by atoms with Crippen molar-refractivity contribution >= 4 is 21.7 Å². The van der Waals surface area contributed by atoms with E-state index in [0.717, 1.165) is 12.7 Å². The van der Waals surface area contributed by atoms with Gasteiger partial charge in [-0.3, -0.25) is 14.8 Å². The van der Waals surface area contributed by atoms with Gasteiger partial charge in [0.2, 0.25) is 0 Å². The molecule has 1 saturated carbocycles. The zero-order chi connectivity index (χ0) is 21.1. The maximum Gasteiger partial charge on any atom is 0.267 e. The molecule has 4 N–H and O–H groups in total. The minimum Gasteiger partial charge on any atom is -0.396 e. The summed E-state index contributed by atoms with van der Waals surface area (Å²) in [6, 6.07) is 4.81. The van der Waals surface area contributed by atoms with Crippen molar-refractivity contribution in [1.29, 1.82) is 0 Å². The van der Waals surface area contributed by atoms with Crippen LogP contribution in [0.25, 0.3) is 0 Å². The molecule has 1 aromatic carbocycles. The molecule has 8 nitrogen and oxygen atoms in total. The standard InChI is InChI=1S/C19H24N2O6S/c1-19(2,28(3,26)27)16(18(24)21-25)20-17(23)13-7-4-12(5-8-13)6-9-14-10-15(14)11-22/h4-5,7-8,14-16,22,25H,10-11H2,1-3H3,(H,20,23)(H,21,24)/t14?,15?,16-/m1/s1. The monoisotopic (exact) mass is 408 g/mol. The van der Waals surface area contributed by atoms with E-state index in [0.29, 0.717) is 5.56 Å². The molecule has 9 heteroatoms. The van der Waals surface area contributed by atoms with E-state index in [1.54, 1.807) is 12.1 Å². The van der Waals surface area contributed by atoms with E-state index in [1.807, 2.05) is 0 Å². The van der Waals surface area contributed by atoms with Crippen molar-refractivity contribution in [3.63, 3.8) is 0 Å². The van der Waals surface area contributed by atoms with Gasteiger partial charge in [0.15, 0.2) is 9.84 Å². The smallest absolute Gasteiger partial charge is 0.267 e. The quantitative estimate of drug-likeness (QED) is 0.300. The fourth-order valence-electron chi connectivity index (χ4n) is 2.56. The molecule has 1 aromatic rings. The molecule has 3 atom stereocenters. The van der Waals surface area contributed by atoms with E-state index in [4.69, 9.17) is 10.3 Å². The van der Waals surface area contributed by atoms with Gasteiger partial charge in [-0.15, -0.1) is 0 Å². The van der Waals surface area contributed by atoms with Crippen LogP contribution in [0.4, 0.5) is 0 Å². The van der Waals surface area contributed by atoms with Gasteiger partial charge < -0.3 is 10.4 Å². The van der Waals surface area contributed by atoms with Gasteiger partial charge in [0.05, 0.1) is 4.75 Å². The van der Waals surface area contributed by atoms with Crippen LogP contribution in [0.3, 0.4) is 0 Å². The Morgan fingerprint density at radius 1 is 1.29 bits per heavy atom. The zero-order valence-electron chi connectivity index (χ0n) is 15.9. The highest BCUT2D eigenvalue weighted by molar-refractivity contribution is 7.92. The molecule has 152 valence electrons. The molecule has 1 aliphatic rings. The number of sulfone groups is 1. The lowest BCUT2D eigenvalue weighted by Crippen LogP contribution is -2.60. The highest BCUT2D eigenvalue weighted by Gasteiger charge is 2.44. The Morgan fingerprint density at radius 3 is 2.36 bits per heavy atom. The average molecular weight is 408 g/mol. The maximum absolute atomic E-state index is 12.5. The first-order valence-electron chi connectivity index (χ1n) is 8.68. The largest absolute Gasteiger partial charge is 0.396 e. The first kappa shape index (κ1) is 21.9. The van der Waals surface area contributed by atoms with Gasteiger partial charge >= 0.3 is 0 Å². The molecule has 0 bridgehead atoms. The summed E-state index contributed by atoms with van der Waals surface area (Å²) in [5.74, 6) is 4.78. The topological polar surface area (TPSA) is 133 Å². The number of aliphatic hydroxyl groups excluding tert-OH is 1. The number of amides is 2. The highest BCUT2D eigenvalue weighted by atomic mass is 32.2. The van der Waals surface area contributed by atoms with E-state index in [-0.39, 0.29) is 24.0 Å². The predicted octanol–water partition coefficient (Wildman–Crippen LogP) is 0.0935. The lowest BCUT2D eigenvalue weighted by molar-refractivity contribution is -0.131. The number of rotatable bonds is 6. The summed E-state index contributed by atoms with van der Waals surface area (Å²) in [7, 11) is -3.73. The van der Waals surface area contributed by atoms with Crippen molar-refractivity contribution in [3.05, 3.63) is 35.4 Å². The second kappa shape index (κ2) is 8.31. The fraction of sp³-hybridized carbons (Fsp3) is 0.474. The number of nitrogens with one attached hydrogen (secondary N) is 2. The van der Waals surface area contributed by atoms with Crippen LogP contribution in [0, 0.1) is 23.7 Å². The van der Waals surface area contributed by atoms with Gasteiger partial charge in [-0.05, 0) is 50.5 Å². The summed E-state index contributed by atoms with van der Waals surface area (Å²) in [5.41, 5.74) is 2.31. The van der Waals surface area contributed by atoms with Crippen LogP contribution in [0.1, 0.15) is 36.2 Å². The average Bonchev–Trinajstić information content (AvgIpc) is 3.41. The van der Waals surface area contributed by atoms with E-state index in [9.17, 15) is 18.0 Å². The zero-order valence-corrected chi connectivity index (χ0v) is 16.7. The van der Waals surface area contributed by atoms with Crippen molar-refractivity contribution in [2.45, 2.75) is 31.1 Å². The molecule has 0 heterocycles. The number of carbonyl (C=O) groups excluding carboxylic acids is 2. The second-order valence-corrected chi connectivity index (χ2v) is 9.99. The van der Waals surface area contributed by atoms with Crippen LogP contribution < -0.4 is 10.8 Å². The van der Waals surface area contributed by atoms with Gasteiger partial charge in [0, 0.05) is 29.9 Å². The number of hydroxylamine groups is 1. The molecule has 0 aromatic heterocycles. The fourth-order valence-corrected chi connectivity index (χ4v) is 3.15. The van der Waals surface area contributed by atoms with Gasteiger partial charge in [-0.2, -0.15) is 0 Å². The van der Waals surface area contributed by atoms with Crippen LogP contribution in [0.5, 0.6) is 0 Å². The third-order valence-corrected chi connectivity index (χ3v) is 7.15. The molecule has 0 spiro atoms. The molecule has 2 rings (SSSR count). The number of benzene rings is 1. The summed E-state index contributed by atoms with van der Waals surface area (Å²) < 4.78 is 22.4. The molecular weight excluding hydrogens is 384 g/mol. The normalized spacial score (nSPS) is 19.8. The van der Waals surface area contributed by atoms with E-state index in [1.165, 1.54) is 31.5 Å². The summed E-state index contributed by atoms with van der Waals surface area (Å²) in [6.45, 7) is 2.71. The first-order valence-corrected chi connectivity index (χ1v) is 10.6. The highest BCUT2D eigenvalue weighted by Crippen LogP contribution is 2.37. The number of hydrogen-bond donors (Lipinski definition) is 4. The van der Waals surface area contributed by atoms with Crippen LogP contribution in [-0.4, -0.2) is 54.2 Å². The Hall–Kier alpha value is -2.41. The third kappa shape index (κ3) is 4.90. The molecule has 0 saturated heterocycles. The Bertz CT molecular complexity index is 912. The first-order chi connectivity index (χ1) is 13.0. The lowest BCUT2D eigenvalue weighted by atomic mass is 10.0. The van der Waals surface area contributed by atoms with Crippen molar-refractivity contribution < 1.29 is 28.3 Å². The van der Waals surface area contributed by atoms with E-state index < -0.39 is 32.4 Å². The minimum absolute atomic E-state index is 0.130. The Labute approximate surface area is 164 Å². The number of aliphatic hydroxyl groups is 1. The molecule has 1 aliphatic carbocycles. The van der Waals surface area contributed by atoms with Crippen LogP contribution in [-0.2, 0) is 14.6 Å². The molecule has 28 heavy (non-hydrogen) atoms. The molecule has 0 radical (unpaired) electrons. The summed E-state index contributed by atoms with van der Waals surface area (Å²) in [6.07, 6.45) is 1.83. The van der Waals surface area contributed by atoms with Gasteiger partial charge in [0.1, 0.15) is 6.04 Å². The summed E-state index contributed by atoms with van der Waals surface area (Å²) in [4.78, 5) is 24.4. The maximum atomic E-state index is 12.5. The molecule has 2 unspecified atom stereocenters. The lowest BCUT2D eigenvalue weighted by Gasteiger charge is -2.31. The Kier molecular flexibility index (Phi) is 6.49. The van der Waals surface area contributed by atoms with Crippen LogP contribution in [0.2, 0.25) is 0 Å². The van der Waals surface area contributed by atoms with Crippen molar-refractivity contribution in [1.82, 2.24) is 10.8 Å². The second-order valence-electron chi connectivity index (χ2n) is 7.39. The summed E-state index contributed by atoms with van der Waals surface area (Å²) >= 11 is 0. The van der Waals surface area contributed by atoms with Gasteiger partial charge in [-0.1, -0.05) is 11.8 Å². The molecule has 1 fully saturated rings. The minimum atomic E-state index is -3.73. The van der Waals surface area contributed by atoms with Crippen LogP contribution in [0.15, 0.2) is 24.3 Å². The molecule has 2 amide bonds. The van der Waals surface area contributed by atoms with E-state index in [2.05, 4.69) is 17.2 Å². The van der Waals surface area contributed by atoms with Crippen LogP contribution >= 0.6 is 0 Å². The summed E-state index contributed by atoms with van der Waals surface area (Å²) in [5, 5.41) is 20.3. The molecular formula is C19H24N2O6S. The Balaban J connectivity index is 2.14. The van der Waals surface area contributed by atoms with Crippen molar-refractivity contribution in [3.8, 4) is 11.8 Å². The predicted molar refractivity (Wildman–Crippen MR) is 102 cm³/mol.